The van der Waals surface area contributed by atoms with Gasteiger partial charge >= 0.3 is 0 Å². The highest BCUT2D eigenvalue weighted by Gasteiger charge is 2.36. The van der Waals surface area contributed by atoms with Crippen molar-refractivity contribution in [3.8, 4) is 0 Å². The first-order valence-corrected chi connectivity index (χ1v) is 7.91. The topological polar surface area (TPSA) is 57.8 Å². The Labute approximate surface area is 131 Å². The molecule has 1 aliphatic carbocycles. The molecule has 0 aliphatic heterocycles. The van der Waals surface area contributed by atoms with Crippen molar-refractivity contribution in [3.63, 3.8) is 0 Å². The molecular weight excluding hydrogens is 274 g/mol. The minimum atomic E-state index is -0.0871. The normalized spacial score (nSPS) is 19.0. The SMILES string of the molecule is CCc1n[nH]cc1C(=O)Nc1cccc2c1C(C)CC2(C)C. The molecule has 1 amide bonds. The lowest BCUT2D eigenvalue weighted by Gasteiger charge is -2.19. The third-order valence-corrected chi connectivity index (χ3v) is 4.69. The van der Waals surface area contributed by atoms with Gasteiger partial charge in [0.05, 0.1) is 11.3 Å². The Bertz CT molecular complexity index is 715. The molecule has 1 aromatic heterocycles. The number of carbonyl (C=O) groups is 1. The van der Waals surface area contributed by atoms with Crippen LogP contribution in [-0.4, -0.2) is 16.1 Å². The molecule has 1 atom stereocenters. The Hall–Kier alpha value is -2.10. The summed E-state index contributed by atoms with van der Waals surface area (Å²) in [5, 5.41) is 9.99. The van der Waals surface area contributed by atoms with Crippen LogP contribution in [0.15, 0.2) is 24.4 Å². The number of nitrogens with one attached hydrogen (secondary N) is 2. The zero-order chi connectivity index (χ0) is 15.9. The predicted octanol–water partition coefficient (Wildman–Crippen LogP) is 4.01. The van der Waals surface area contributed by atoms with E-state index in [4.69, 9.17) is 0 Å². The van der Waals surface area contributed by atoms with Crippen molar-refractivity contribution in [2.24, 2.45) is 0 Å². The van der Waals surface area contributed by atoms with Gasteiger partial charge in [0, 0.05) is 11.9 Å². The Balaban J connectivity index is 1.95. The summed E-state index contributed by atoms with van der Waals surface area (Å²) >= 11 is 0. The third kappa shape index (κ3) is 2.32. The fraction of sp³-hybridized carbons (Fsp3) is 0.444. The van der Waals surface area contributed by atoms with Crippen molar-refractivity contribution in [1.82, 2.24) is 10.2 Å². The average molecular weight is 297 g/mol. The number of H-pyrrole nitrogens is 1. The van der Waals surface area contributed by atoms with Crippen molar-refractivity contribution >= 4 is 11.6 Å². The van der Waals surface area contributed by atoms with Gasteiger partial charge in [-0.3, -0.25) is 9.89 Å². The van der Waals surface area contributed by atoms with Gasteiger partial charge in [-0.1, -0.05) is 39.8 Å². The van der Waals surface area contributed by atoms with E-state index < -0.39 is 0 Å². The molecule has 22 heavy (non-hydrogen) atoms. The minimum absolute atomic E-state index is 0.0871. The van der Waals surface area contributed by atoms with Crippen LogP contribution in [0.3, 0.4) is 0 Å². The van der Waals surface area contributed by atoms with Gasteiger partial charge in [-0.2, -0.15) is 5.10 Å². The first kappa shape index (κ1) is 14.8. The first-order valence-electron chi connectivity index (χ1n) is 7.91. The quantitative estimate of drug-likeness (QED) is 0.899. The molecule has 2 N–H and O–H groups in total. The maximum absolute atomic E-state index is 12.6. The number of carbonyl (C=O) groups excluding carboxylic acids is 1. The minimum Gasteiger partial charge on any atom is -0.322 e. The molecule has 0 fully saturated rings. The molecule has 0 saturated heterocycles. The largest absolute Gasteiger partial charge is 0.322 e. The fourth-order valence-corrected chi connectivity index (χ4v) is 3.75. The third-order valence-electron chi connectivity index (χ3n) is 4.69. The molecule has 1 aliphatic rings. The molecule has 4 heteroatoms. The van der Waals surface area contributed by atoms with Gasteiger partial charge in [0.15, 0.2) is 0 Å². The highest BCUT2D eigenvalue weighted by Crippen LogP contribution is 2.48. The van der Waals surface area contributed by atoms with Crippen molar-refractivity contribution in [2.75, 3.05) is 5.32 Å². The van der Waals surface area contributed by atoms with Crippen molar-refractivity contribution in [1.29, 1.82) is 0 Å². The Morgan fingerprint density at radius 2 is 2.23 bits per heavy atom. The zero-order valence-corrected chi connectivity index (χ0v) is 13.7. The van der Waals surface area contributed by atoms with Gasteiger partial charge in [-0.25, -0.2) is 0 Å². The number of hydrogen-bond acceptors (Lipinski definition) is 2. The lowest BCUT2D eigenvalue weighted by atomic mass is 9.86. The number of aromatic nitrogens is 2. The summed E-state index contributed by atoms with van der Waals surface area (Å²) in [5.74, 6) is 0.368. The van der Waals surface area contributed by atoms with E-state index in [0.29, 0.717) is 11.5 Å². The average Bonchev–Trinajstić information content (AvgIpc) is 3.02. The number of amides is 1. The lowest BCUT2D eigenvalue weighted by molar-refractivity contribution is 0.102. The van der Waals surface area contributed by atoms with Gasteiger partial charge in [-0.05, 0) is 41.4 Å². The molecule has 0 spiro atoms. The zero-order valence-electron chi connectivity index (χ0n) is 13.7. The number of nitrogens with zero attached hydrogens (tertiary/aromatic N) is 1. The second-order valence-electron chi connectivity index (χ2n) is 6.81. The van der Waals surface area contributed by atoms with Crippen molar-refractivity contribution in [2.45, 2.75) is 51.9 Å². The van der Waals surface area contributed by atoms with E-state index in [1.807, 2.05) is 19.1 Å². The van der Waals surface area contributed by atoms with E-state index in [2.05, 4.69) is 42.4 Å². The van der Waals surface area contributed by atoms with Gasteiger partial charge in [0.2, 0.25) is 0 Å². The second-order valence-corrected chi connectivity index (χ2v) is 6.81. The van der Waals surface area contributed by atoms with Crippen LogP contribution in [0, 0.1) is 0 Å². The smallest absolute Gasteiger partial charge is 0.259 e. The molecular formula is C18H23N3O. The van der Waals surface area contributed by atoms with Crippen LogP contribution in [0.1, 0.15) is 67.2 Å². The van der Waals surface area contributed by atoms with E-state index in [-0.39, 0.29) is 11.3 Å². The van der Waals surface area contributed by atoms with Gasteiger partial charge < -0.3 is 5.32 Å². The van der Waals surface area contributed by atoms with Gasteiger partial charge in [0.25, 0.3) is 5.91 Å². The molecule has 3 rings (SSSR count). The van der Waals surface area contributed by atoms with Crippen molar-refractivity contribution in [3.05, 3.63) is 46.8 Å². The maximum Gasteiger partial charge on any atom is 0.259 e. The first-order chi connectivity index (χ1) is 10.4. The maximum atomic E-state index is 12.6. The molecule has 0 saturated carbocycles. The molecule has 2 aromatic rings. The molecule has 1 aromatic carbocycles. The fourth-order valence-electron chi connectivity index (χ4n) is 3.75. The summed E-state index contributed by atoms with van der Waals surface area (Å²) in [5.41, 5.74) is 5.16. The molecule has 1 heterocycles. The van der Waals surface area contributed by atoms with Crippen molar-refractivity contribution < 1.29 is 4.79 Å². The van der Waals surface area contributed by atoms with Crippen LogP contribution in [0.2, 0.25) is 0 Å². The number of aromatic amines is 1. The van der Waals surface area contributed by atoms with Gasteiger partial charge in [0.1, 0.15) is 0 Å². The Morgan fingerprint density at radius 3 is 2.95 bits per heavy atom. The number of hydrogen-bond donors (Lipinski definition) is 2. The van der Waals surface area contributed by atoms with Crippen LogP contribution in [0.4, 0.5) is 5.69 Å². The number of rotatable bonds is 3. The predicted molar refractivity (Wildman–Crippen MR) is 88.4 cm³/mol. The van der Waals surface area contributed by atoms with E-state index in [0.717, 1.165) is 24.2 Å². The van der Waals surface area contributed by atoms with Crippen LogP contribution in [0.25, 0.3) is 0 Å². The highest BCUT2D eigenvalue weighted by atomic mass is 16.1. The number of aryl methyl sites for hydroxylation is 1. The molecule has 0 bridgehead atoms. The van der Waals surface area contributed by atoms with E-state index >= 15 is 0 Å². The Morgan fingerprint density at radius 1 is 1.45 bits per heavy atom. The van der Waals surface area contributed by atoms with Crippen LogP contribution in [0.5, 0.6) is 0 Å². The summed E-state index contributed by atoms with van der Waals surface area (Å²) in [7, 11) is 0. The van der Waals surface area contributed by atoms with Crippen LogP contribution in [-0.2, 0) is 11.8 Å². The summed E-state index contributed by atoms with van der Waals surface area (Å²) < 4.78 is 0. The Kier molecular flexibility index (Phi) is 3.55. The van der Waals surface area contributed by atoms with Crippen LogP contribution >= 0.6 is 0 Å². The molecule has 4 nitrogen and oxygen atoms in total. The molecule has 1 unspecified atom stereocenters. The van der Waals surface area contributed by atoms with Gasteiger partial charge in [-0.15, -0.1) is 0 Å². The second kappa shape index (κ2) is 5.27. The highest BCUT2D eigenvalue weighted by molar-refractivity contribution is 6.05. The monoisotopic (exact) mass is 297 g/mol. The number of anilines is 1. The lowest BCUT2D eigenvalue weighted by Crippen LogP contribution is -2.15. The van der Waals surface area contributed by atoms with Crippen LogP contribution < -0.4 is 5.32 Å². The standard InChI is InChI=1S/C18H23N3O/c1-5-14-12(10-19-21-14)17(22)20-15-8-6-7-13-16(15)11(2)9-18(13,3)4/h6-8,10-11H,5,9H2,1-4H3,(H,19,21)(H,20,22). The molecule has 0 radical (unpaired) electrons. The number of benzene rings is 1. The summed E-state index contributed by atoms with van der Waals surface area (Å²) in [6.45, 7) is 8.77. The van der Waals surface area contributed by atoms with E-state index in [1.165, 1.54) is 11.1 Å². The summed E-state index contributed by atoms with van der Waals surface area (Å²) in [4.78, 5) is 12.6. The number of fused-ring (bicyclic) bond motifs is 1. The molecule has 116 valence electrons. The van der Waals surface area contributed by atoms with E-state index in [9.17, 15) is 4.79 Å². The summed E-state index contributed by atoms with van der Waals surface area (Å²) in [6.07, 6.45) is 3.52. The van der Waals surface area contributed by atoms with E-state index in [1.54, 1.807) is 6.20 Å². The summed E-state index contributed by atoms with van der Waals surface area (Å²) in [6, 6.07) is 6.22.